The molecule has 6 aromatic carbocycles. The highest BCUT2D eigenvalue weighted by atomic mass is 28.3. The van der Waals surface area contributed by atoms with Gasteiger partial charge in [0.15, 0.2) is 5.60 Å². The molecule has 5 heterocycles. The van der Waals surface area contributed by atoms with Gasteiger partial charge in [-0.15, -0.1) is 5.10 Å². The highest BCUT2D eigenvalue weighted by molar-refractivity contribution is 6.91. The van der Waals surface area contributed by atoms with Crippen molar-refractivity contribution >= 4 is 69.9 Å². The summed E-state index contributed by atoms with van der Waals surface area (Å²) in [4.78, 5) is 51.8. The number of H-pyrrole nitrogens is 2. The summed E-state index contributed by atoms with van der Waals surface area (Å²) in [6.07, 6.45) is 6.10. The molecule has 1 saturated heterocycles. The number of aliphatic hydroxyl groups is 1. The van der Waals surface area contributed by atoms with Crippen molar-refractivity contribution in [1.29, 1.82) is 0 Å². The Kier molecular flexibility index (Phi) is 13.3. The maximum absolute atomic E-state index is 16.0. The van der Waals surface area contributed by atoms with E-state index in [2.05, 4.69) is 63.1 Å². The molecule has 0 radical (unpaired) electrons. The SMILES string of the molecule is COc1ccc([Si](C)(C)[C@@H]2[C@@H](CCn3cc(C(CO)c4ccccc4)nn3)O[C@]3(C(=O)N(Cc4cccc(NC(=O)Cc5c[nH]c6ccccc56)c4)c4ccc(NC(=O)Cc5c[nH]c6ccccc56)cc43)[C@H]2C)cc1. The van der Waals surface area contributed by atoms with Crippen LogP contribution in [0.1, 0.15) is 52.8 Å². The molecule has 14 nitrogen and oxygen atoms in total. The largest absolute Gasteiger partial charge is 0.497 e. The van der Waals surface area contributed by atoms with E-state index < -0.39 is 19.8 Å². The fourth-order valence-electron chi connectivity index (χ4n) is 12.0. The molecule has 2 aliphatic rings. The molecule has 380 valence electrons. The number of rotatable bonds is 17. The fraction of sp³-hybridized carbons (Fsp3) is 0.250. The summed E-state index contributed by atoms with van der Waals surface area (Å²) in [5.74, 6) is -0.441. The first-order valence-electron chi connectivity index (χ1n) is 25.6. The second kappa shape index (κ2) is 20.3. The normalized spacial score (nSPS) is 18.7. The molecule has 3 amide bonds. The Morgan fingerprint density at radius 3 is 2.09 bits per heavy atom. The van der Waals surface area contributed by atoms with E-state index >= 15 is 4.79 Å². The van der Waals surface area contributed by atoms with Gasteiger partial charge in [-0.2, -0.15) is 0 Å². The zero-order valence-corrected chi connectivity index (χ0v) is 43.4. The van der Waals surface area contributed by atoms with Crippen LogP contribution in [0.3, 0.4) is 0 Å². The smallest absolute Gasteiger partial charge is 0.264 e. The maximum atomic E-state index is 16.0. The minimum Gasteiger partial charge on any atom is -0.497 e. The number of benzene rings is 6. The third-order valence-corrected chi connectivity index (χ3v) is 20.0. The number of aryl methyl sites for hydroxylation is 1. The number of methoxy groups -OCH3 is 1. The van der Waals surface area contributed by atoms with Crippen LogP contribution in [-0.4, -0.2) is 75.7 Å². The zero-order chi connectivity index (χ0) is 51.8. The van der Waals surface area contributed by atoms with Crippen molar-refractivity contribution in [2.75, 3.05) is 29.3 Å². The first kappa shape index (κ1) is 49.1. The molecule has 15 heteroatoms. The maximum Gasteiger partial charge on any atom is 0.264 e. The summed E-state index contributed by atoms with van der Waals surface area (Å²) in [6.45, 7) is 7.38. The van der Waals surface area contributed by atoms with Gasteiger partial charge in [0.05, 0.1) is 64.6 Å². The average molecular weight is 1020 g/mol. The standard InChI is InChI=1S/C60H60N8O6Si/c1-38-58(75(3,4)46-24-22-45(73-2)23-25-46)55(27-28-67-36-53(65-66-67)49(37-69)40-14-6-5-7-15-40)74-60(38)50-32-44(64-57(71)31-42-34-62-52-20-11-9-18-48(42)52)21-26-54(50)68(59(60)72)35-39-13-12-16-43(29-39)63-56(70)30-41-33-61-51-19-10-8-17-47(41)51/h5-26,29,32-34,36,38,49,55,58,61-62,69H,27-28,30-31,35,37H2,1-4H3,(H,63,70)(H,64,71)/t38-,49?,55+,58-,60+/m0/s1. The molecule has 0 aliphatic carbocycles. The van der Waals surface area contributed by atoms with E-state index in [9.17, 15) is 14.7 Å². The lowest BCUT2D eigenvalue weighted by atomic mass is 9.82. The van der Waals surface area contributed by atoms with Crippen LogP contribution < -0.4 is 25.5 Å². The average Bonchev–Trinajstić information content (AvgIpc) is 4.26. The van der Waals surface area contributed by atoms with Gasteiger partial charge >= 0.3 is 0 Å². The van der Waals surface area contributed by atoms with Crippen molar-refractivity contribution in [3.8, 4) is 5.75 Å². The highest BCUT2D eigenvalue weighted by Crippen LogP contribution is 2.60. The minimum atomic E-state index is -2.56. The molecular weight excluding hydrogens is 957 g/mol. The number of carbonyl (C=O) groups excluding carboxylic acids is 3. The minimum absolute atomic E-state index is 0.0871. The number of fused-ring (bicyclic) bond motifs is 4. The Balaban J connectivity index is 0.935. The summed E-state index contributed by atoms with van der Waals surface area (Å²) in [6, 6.07) is 47.2. The number of anilines is 3. The summed E-state index contributed by atoms with van der Waals surface area (Å²) in [5, 5.41) is 29.0. The third-order valence-electron chi connectivity index (χ3n) is 15.7. The number of nitrogens with one attached hydrogen (secondary N) is 4. The predicted molar refractivity (Wildman–Crippen MR) is 295 cm³/mol. The van der Waals surface area contributed by atoms with Gasteiger partial charge in [-0.1, -0.05) is 121 Å². The number of nitrogens with zero attached hydrogens (tertiary/aromatic N) is 4. The van der Waals surface area contributed by atoms with Gasteiger partial charge in [0, 0.05) is 69.8 Å². The van der Waals surface area contributed by atoms with E-state index in [4.69, 9.17) is 9.47 Å². The highest BCUT2D eigenvalue weighted by Gasteiger charge is 2.66. The van der Waals surface area contributed by atoms with E-state index in [0.717, 1.165) is 49.8 Å². The number of aromatic nitrogens is 5. The van der Waals surface area contributed by atoms with E-state index in [0.29, 0.717) is 41.3 Å². The Bertz CT molecular complexity index is 3550. The zero-order valence-electron chi connectivity index (χ0n) is 42.4. The third kappa shape index (κ3) is 9.32. The first-order chi connectivity index (χ1) is 36.4. The fourth-order valence-corrected chi connectivity index (χ4v) is 16.0. The Morgan fingerprint density at radius 2 is 1.44 bits per heavy atom. The quantitative estimate of drug-likeness (QED) is 0.0560. The molecule has 1 spiro atoms. The molecule has 9 aromatic rings. The van der Waals surface area contributed by atoms with E-state index in [1.165, 1.54) is 5.19 Å². The van der Waals surface area contributed by atoms with Crippen LogP contribution in [0.4, 0.5) is 17.1 Å². The molecule has 3 aromatic heterocycles. The number of hydrogen-bond acceptors (Lipinski definition) is 8. The Hall–Kier alpha value is -8.11. The summed E-state index contributed by atoms with van der Waals surface area (Å²) < 4.78 is 14.9. The van der Waals surface area contributed by atoms with Gasteiger partial charge < -0.3 is 40.1 Å². The van der Waals surface area contributed by atoms with Crippen molar-refractivity contribution in [1.82, 2.24) is 25.0 Å². The lowest BCUT2D eigenvalue weighted by Crippen LogP contribution is -2.51. The number of amides is 3. The molecule has 0 saturated carbocycles. The van der Waals surface area contributed by atoms with Crippen molar-refractivity contribution < 1.29 is 29.0 Å². The second-order valence-corrected chi connectivity index (χ2v) is 25.2. The van der Waals surface area contributed by atoms with Crippen LogP contribution in [0.5, 0.6) is 5.75 Å². The Morgan fingerprint density at radius 1 is 0.800 bits per heavy atom. The van der Waals surface area contributed by atoms with Crippen LogP contribution in [0.25, 0.3) is 21.8 Å². The first-order valence-corrected chi connectivity index (χ1v) is 28.6. The summed E-state index contributed by atoms with van der Waals surface area (Å²) in [7, 11) is -0.894. The van der Waals surface area contributed by atoms with Crippen LogP contribution in [-0.2, 0) is 50.7 Å². The monoisotopic (exact) mass is 1020 g/mol. The number of aromatic amines is 2. The van der Waals surface area contributed by atoms with Gasteiger partial charge in [-0.3, -0.25) is 19.1 Å². The van der Waals surface area contributed by atoms with Gasteiger partial charge in [0.2, 0.25) is 11.8 Å². The van der Waals surface area contributed by atoms with Crippen LogP contribution in [0.15, 0.2) is 164 Å². The molecule has 1 fully saturated rings. The van der Waals surface area contributed by atoms with Crippen LogP contribution >= 0.6 is 0 Å². The number of ether oxygens (including phenoxy) is 2. The van der Waals surface area contributed by atoms with Crippen molar-refractivity contribution in [3.05, 3.63) is 198 Å². The Labute approximate surface area is 436 Å². The number of para-hydroxylation sites is 2. The molecular formula is C60H60N8O6Si. The molecule has 11 rings (SSSR count). The number of carbonyl (C=O) groups is 3. The summed E-state index contributed by atoms with van der Waals surface area (Å²) >= 11 is 0. The topological polar surface area (TPSA) is 179 Å². The van der Waals surface area contributed by atoms with Gasteiger partial charge in [0.25, 0.3) is 5.91 Å². The molecule has 75 heavy (non-hydrogen) atoms. The molecule has 5 N–H and O–H groups in total. The summed E-state index contributed by atoms with van der Waals surface area (Å²) in [5.41, 5.74) is 7.18. The molecule has 5 atom stereocenters. The second-order valence-electron chi connectivity index (χ2n) is 20.5. The number of hydrogen-bond donors (Lipinski definition) is 5. The molecule has 0 bridgehead atoms. The lowest BCUT2D eigenvalue weighted by molar-refractivity contribution is -0.146. The lowest BCUT2D eigenvalue weighted by Gasteiger charge is -2.37. The predicted octanol–water partition coefficient (Wildman–Crippen LogP) is 9.59. The molecule has 1 unspecified atom stereocenters. The van der Waals surface area contributed by atoms with E-state index in [-0.39, 0.29) is 61.1 Å². The van der Waals surface area contributed by atoms with Crippen LogP contribution in [0.2, 0.25) is 18.6 Å². The molecule has 2 aliphatic heterocycles. The van der Waals surface area contributed by atoms with Crippen molar-refractivity contribution in [3.63, 3.8) is 0 Å². The van der Waals surface area contributed by atoms with E-state index in [1.54, 1.807) is 12.0 Å². The van der Waals surface area contributed by atoms with E-state index in [1.807, 2.05) is 157 Å². The van der Waals surface area contributed by atoms with Crippen molar-refractivity contribution in [2.45, 2.75) is 75.5 Å². The number of aliphatic hydroxyl groups excluding tert-OH is 1. The van der Waals surface area contributed by atoms with Gasteiger partial charge in [-0.05, 0) is 88.8 Å². The van der Waals surface area contributed by atoms with Gasteiger partial charge in [0.1, 0.15) is 5.75 Å². The van der Waals surface area contributed by atoms with Crippen molar-refractivity contribution in [2.24, 2.45) is 5.92 Å². The van der Waals surface area contributed by atoms with Gasteiger partial charge in [-0.25, -0.2) is 0 Å². The van der Waals surface area contributed by atoms with Crippen LogP contribution in [0, 0.1) is 5.92 Å².